The molecule has 0 radical (unpaired) electrons. The fourth-order valence-electron chi connectivity index (χ4n) is 2.98. The van der Waals surface area contributed by atoms with Crippen LogP contribution in [-0.2, 0) is 9.59 Å². The molecule has 0 aromatic heterocycles. The van der Waals surface area contributed by atoms with Crippen LogP contribution in [0.4, 0.5) is 0 Å². The molecule has 0 atom stereocenters. The van der Waals surface area contributed by atoms with Crippen LogP contribution in [0.25, 0.3) is 0 Å². The van der Waals surface area contributed by atoms with Crippen LogP contribution in [0.1, 0.15) is 37.0 Å². The Morgan fingerprint density at radius 2 is 1.89 bits per heavy atom. The number of hydrogen-bond donors (Lipinski definition) is 2. The first-order valence-electron chi connectivity index (χ1n) is 9.05. The lowest BCUT2D eigenvalue weighted by atomic mass is 9.96. The zero-order valence-corrected chi connectivity index (χ0v) is 15.7. The van der Waals surface area contributed by atoms with Crippen LogP contribution in [0.15, 0.2) is 18.2 Å². The standard InChI is InChI=1S/C19H26N2O6/c1-3-26-17-10-15(4-5-16(17)27-12-18(23)24)19(25)21-8-6-14(7-9-21)11-20-13(2)22/h4-5,10,14H,3,6-9,11-12H2,1-2H3,(H,20,22)(H,23,24). The summed E-state index contributed by atoms with van der Waals surface area (Å²) in [5.74, 6) is -0.195. The van der Waals surface area contributed by atoms with E-state index in [2.05, 4.69) is 5.32 Å². The van der Waals surface area contributed by atoms with E-state index in [1.54, 1.807) is 30.0 Å². The molecule has 0 bridgehead atoms. The van der Waals surface area contributed by atoms with E-state index in [1.165, 1.54) is 6.92 Å². The van der Waals surface area contributed by atoms with Gasteiger partial charge in [-0.15, -0.1) is 0 Å². The summed E-state index contributed by atoms with van der Waals surface area (Å²) in [4.78, 5) is 36.3. The number of carbonyl (C=O) groups is 3. The summed E-state index contributed by atoms with van der Waals surface area (Å²) in [6.45, 7) is 5.09. The molecule has 1 aromatic rings. The first-order valence-corrected chi connectivity index (χ1v) is 9.05. The topological polar surface area (TPSA) is 105 Å². The lowest BCUT2D eigenvalue weighted by molar-refractivity contribution is -0.139. The molecule has 0 saturated carbocycles. The normalized spacial score (nSPS) is 14.5. The summed E-state index contributed by atoms with van der Waals surface area (Å²) in [6, 6.07) is 4.77. The molecule has 0 spiro atoms. The first-order chi connectivity index (χ1) is 12.9. The maximum absolute atomic E-state index is 12.8. The molecule has 8 heteroatoms. The zero-order valence-electron chi connectivity index (χ0n) is 15.7. The molecule has 2 amide bonds. The van der Waals surface area contributed by atoms with Gasteiger partial charge in [-0.05, 0) is 43.9 Å². The minimum atomic E-state index is -1.08. The molecular weight excluding hydrogens is 352 g/mol. The Hall–Kier alpha value is -2.77. The van der Waals surface area contributed by atoms with E-state index in [4.69, 9.17) is 14.6 Å². The fourth-order valence-corrected chi connectivity index (χ4v) is 2.98. The molecular formula is C19H26N2O6. The second-order valence-electron chi connectivity index (χ2n) is 6.45. The number of amides is 2. The quantitative estimate of drug-likeness (QED) is 0.711. The number of carboxylic acid groups (broad SMARTS) is 1. The molecule has 27 heavy (non-hydrogen) atoms. The van der Waals surface area contributed by atoms with Crippen molar-refractivity contribution in [2.75, 3.05) is 32.8 Å². The van der Waals surface area contributed by atoms with Gasteiger partial charge in [0, 0.05) is 32.1 Å². The van der Waals surface area contributed by atoms with Crippen molar-refractivity contribution in [1.29, 1.82) is 0 Å². The van der Waals surface area contributed by atoms with Gasteiger partial charge >= 0.3 is 5.97 Å². The third kappa shape index (κ3) is 6.16. The number of nitrogens with one attached hydrogen (secondary N) is 1. The molecule has 2 N–H and O–H groups in total. The highest BCUT2D eigenvalue weighted by Gasteiger charge is 2.24. The molecule has 1 heterocycles. The average Bonchev–Trinajstić information content (AvgIpc) is 2.65. The van der Waals surface area contributed by atoms with Crippen LogP contribution in [0, 0.1) is 5.92 Å². The number of aliphatic carboxylic acids is 1. The monoisotopic (exact) mass is 378 g/mol. The zero-order chi connectivity index (χ0) is 19.8. The molecule has 1 aromatic carbocycles. The highest BCUT2D eigenvalue weighted by Crippen LogP contribution is 2.29. The van der Waals surface area contributed by atoms with Crippen molar-refractivity contribution in [2.24, 2.45) is 5.92 Å². The summed E-state index contributed by atoms with van der Waals surface area (Å²) < 4.78 is 10.7. The summed E-state index contributed by atoms with van der Waals surface area (Å²) in [5.41, 5.74) is 0.474. The number of piperidine rings is 1. The Balaban J connectivity index is 2.00. The second kappa shape index (κ2) is 9.80. The highest BCUT2D eigenvalue weighted by atomic mass is 16.5. The van der Waals surface area contributed by atoms with Crippen molar-refractivity contribution in [3.63, 3.8) is 0 Å². The van der Waals surface area contributed by atoms with Gasteiger partial charge in [0.2, 0.25) is 5.91 Å². The maximum Gasteiger partial charge on any atom is 0.341 e. The number of rotatable bonds is 8. The highest BCUT2D eigenvalue weighted by molar-refractivity contribution is 5.95. The number of hydrogen-bond acceptors (Lipinski definition) is 5. The van der Waals surface area contributed by atoms with Crippen molar-refractivity contribution < 1.29 is 29.0 Å². The molecule has 1 saturated heterocycles. The van der Waals surface area contributed by atoms with Crippen LogP contribution in [0.5, 0.6) is 11.5 Å². The summed E-state index contributed by atoms with van der Waals surface area (Å²) in [7, 11) is 0. The number of carbonyl (C=O) groups excluding carboxylic acids is 2. The van der Waals surface area contributed by atoms with Crippen LogP contribution in [0.3, 0.4) is 0 Å². The molecule has 0 unspecified atom stereocenters. The molecule has 8 nitrogen and oxygen atoms in total. The van der Waals surface area contributed by atoms with Crippen molar-refractivity contribution in [1.82, 2.24) is 10.2 Å². The summed E-state index contributed by atoms with van der Waals surface area (Å²) in [5, 5.41) is 11.6. The van der Waals surface area contributed by atoms with Gasteiger partial charge in [-0.2, -0.15) is 0 Å². The lowest BCUT2D eigenvalue weighted by Gasteiger charge is -2.32. The Kier molecular flexibility index (Phi) is 7.45. The van der Waals surface area contributed by atoms with Crippen LogP contribution < -0.4 is 14.8 Å². The summed E-state index contributed by atoms with van der Waals surface area (Å²) in [6.07, 6.45) is 1.67. The smallest absolute Gasteiger partial charge is 0.341 e. The second-order valence-corrected chi connectivity index (χ2v) is 6.45. The Morgan fingerprint density at radius 1 is 1.19 bits per heavy atom. The number of benzene rings is 1. The minimum absolute atomic E-state index is 0.0397. The predicted octanol–water partition coefficient (Wildman–Crippen LogP) is 1.54. The van der Waals surface area contributed by atoms with Crippen molar-refractivity contribution in [2.45, 2.75) is 26.7 Å². The molecule has 0 aliphatic carbocycles. The number of nitrogens with zero attached hydrogens (tertiary/aromatic N) is 1. The molecule has 1 fully saturated rings. The third-order valence-corrected chi connectivity index (χ3v) is 4.38. The molecule has 1 aliphatic rings. The van der Waals surface area contributed by atoms with Crippen molar-refractivity contribution in [3.05, 3.63) is 23.8 Å². The molecule has 1 aliphatic heterocycles. The Labute approximate surface area is 158 Å². The van der Waals surface area contributed by atoms with Gasteiger partial charge in [-0.1, -0.05) is 0 Å². The van der Waals surface area contributed by atoms with E-state index in [9.17, 15) is 14.4 Å². The van der Waals surface area contributed by atoms with E-state index in [1.807, 2.05) is 0 Å². The van der Waals surface area contributed by atoms with Crippen LogP contribution in [-0.4, -0.2) is 60.6 Å². The third-order valence-electron chi connectivity index (χ3n) is 4.38. The Bertz CT molecular complexity index is 683. The number of likely N-dealkylation sites (tertiary alicyclic amines) is 1. The fraction of sp³-hybridized carbons (Fsp3) is 0.526. The maximum atomic E-state index is 12.8. The van der Waals surface area contributed by atoms with Crippen LogP contribution >= 0.6 is 0 Å². The molecule has 148 valence electrons. The largest absolute Gasteiger partial charge is 0.490 e. The van der Waals surface area contributed by atoms with Gasteiger partial charge < -0.3 is 24.8 Å². The average molecular weight is 378 g/mol. The lowest BCUT2D eigenvalue weighted by Crippen LogP contribution is -2.41. The predicted molar refractivity (Wildman–Crippen MR) is 98.1 cm³/mol. The van der Waals surface area contributed by atoms with Crippen molar-refractivity contribution in [3.8, 4) is 11.5 Å². The number of ether oxygens (including phenoxy) is 2. The van der Waals surface area contributed by atoms with E-state index in [0.29, 0.717) is 49.2 Å². The van der Waals surface area contributed by atoms with Gasteiger partial charge in [0.25, 0.3) is 5.91 Å². The van der Waals surface area contributed by atoms with Gasteiger partial charge in [-0.25, -0.2) is 4.79 Å². The Morgan fingerprint density at radius 3 is 2.48 bits per heavy atom. The van der Waals surface area contributed by atoms with Crippen LogP contribution in [0.2, 0.25) is 0 Å². The molecule has 2 rings (SSSR count). The summed E-state index contributed by atoms with van der Waals surface area (Å²) >= 11 is 0. The van der Waals surface area contributed by atoms with Crippen molar-refractivity contribution >= 4 is 17.8 Å². The SMILES string of the molecule is CCOc1cc(C(=O)N2CCC(CNC(C)=O)CC2)ccc1OCC(=O)O. The van der Waals surface area contributed by atoms with Gasteiger partial charge in [-0.3, -0.25) is 9.59 Å². The van der Waals surface area contributed by atoms with E-state index in [-0.39, 0.29) is 11.8 Å². The first kappa shape index (κ1) is 20.5. The van der Waals surface area contributed by atoms with Gasteiger partial charge in [0.15, 0.2) is 18.1 Å². The minimum Gasteiger partial charge on any atom is -0.490 e. The van der Waals surface area contributed by atoms with E-state index >= 15 is 0 Å². The van der Waals surface area contributed by atoms with Gasteiger partial charge in [0.1, 0.15) is 0 Å². The van der Waals surface area contributed by atoms with E-state index in [0.717, 1.165) is 12.8 Å². The van der Waals surface area contributed by atoms with E-state index < -0.39 is 12.6 Å². The number of carboxylic acids is 1. The van der Waals surface area contributed by atoms with Gasteiger partial charge in [0.05, 0.1) is 6.61 Å².